The van der Waals surface area contributed by atoms with E-state index in [0.29, 0.717) is 12.2 Å². The summed E-state index contributed by atoms with van der Waals surface area (Å²) in [5.41, 5.74) is 2.95. The summed E-state index contributed by atoms with van der Waals surface area (Å²) >= 11 is 0. The number of hydrogen-bond acceptors (Lipinski definition) is 6. The van der Waals surface area contributed by atoms with Gasteiger partial charge in [0.15, 0.2) is 0 Å². The molecule has 0 amide bonds. The van der Waals surface area contributed by atoms with Crippen LogP contribution in [0.2, 0.25) is 0 Å². The molecule has 0 radical (unpaired) electrons. The third-order valence-corrected chi connectivity index (χ3v) is 5.34. The lowest BCUT2D eigenvalue weighted by Gasteiger charge is -2.22. The molecule has 1 aromatic carbocycles. The van der Waals surface area contributed by atoms with Crippen molar-refractivity contribution in [3.63, 3.8) is 0 Å². The summed E-state index contributed by atoms with van der Waals surface area (Å²) in [5, 5.41) is 10.4. The normalized spacial score (nSPS) is 16.6. The Bertz CT molecular complexity index is 933. The highest BCUT2D eigenvalue weighted by molar-refractivity contribution is 7.90. The minimum Gasteiger partial charge on any atom is -0.380 e. The maximum absolute atomic E-state index is 12.6. The number of anilines is 1. The second-order valence-corrected chi connectivity index (χ2v) is 7.52. The Morgan fingerprint density at radius 2 is 2.12 bits per heavy atom. The molecule has 8 nitrogen and oxygen atoms in total. The first-order valence-corrected chi connectivity index (χ1v) is 9.28. The van der Waals surface area contributed by atoms with Gasteiger partial charge in [0.05, 0.1) is 17.5 Å². The fourth-order valence-electron chi connectivity index (χ4n) is 2.67. The highest BCUT2D eigenvalue weighted by Gasteiger charge is 2.28. The maximum Gasteiger partial charge on any atom is 0.287 e. The van der Waals surface area contributed by atoms with Crippen molar-refractivity contribution >= 4 is 21.7 Å². The van der Waals surface area contributed by atoms with Crippen LogP contribution >= 0.6 is 0 Å². The van der Waals surface area contributed by atoms with Crippen LogP contribution in [0.5, 0.6) is 0 Å². The van der Waals surface area contributed by atoms with Crippen molar-refractivity contribution in [3.05, 3.63) is 30.1 Å². The number of nitrogens with one attached hydrogen (secondary N) is 2. The molecule has 1 aliphatic rings. The summed E-state index contributed by atoms with van der Waals surface area (Å²) in [6.45, 7) is 4.20. The zero-order valence-electron chi connectivity index (χ0n) is 14.6. The number of guanidine groups is 1. The van der Waals surface area contributed by atoms with Crippen LogP contribution in [-0.4, -0.2) is 43.9 Å². The molecule has 1 atom stereocenters. The number of benzene rings is 1. The van der Waals surface area contributed by atoms with Crippen LogP contribution < -0.4 is 10.6 Å². The number of fused-ring (bicyclic) bond motifs is 1. The molecule has 0 bridgehead atoms. The van der Waals surface area contributed by atoms with Gasteiger partial charge in [-0.25, -0.2) is 0 Å². The van der Waals surface area contributed by atoms with E-state index >= 15 is 0 Å². The topological polar surface area (TPSA) is 97.6 Å². The molecule has 0 saturated heterocycles. The minimum atomic E-state index is -3.79. The number of rotatable bonds is 4. The van der Waals surface area contributed by atoms with Crippen molar-refractivity contribution in [2.45, 2.75) is 24.8 Å². The summed E-state index contributed by atoms with van der Waals surface area (Å²) in [5.74, 6) is 0.186. The van der Waals surface area contributed by atoms with E-state index in [9.17, 15) is 8.42 Å². The van der Waals surface area contributed by atoms with Crippen molar-refractivity contribution in [2.24, 2.45) is 11.4 Å². The van der Waals surface area contributed by atoms with E-state index in [1.165, 1.54) is 0 Å². The number of para-hydroxylation sites is 1. The maximum atomic E-state index is 12.6. The summed E-state index contributed by atoms with van der Waals surface area (Å²) in [4.78, 5) is 0.151. The zero-order valence-corrected chi connectivity index (χ0v) is 15.4. The molecule has 0 fully saturated rings. The second-order valence-electron chi connectivity index (χ2n) is 5.95. The summed E-state index contributed by atoms with van der Waals surface area (Å²) < 4.78 is 35.8. The largest absolute Gasteiger partial charge is 0.380 e. The van der Waals surface area contributed by atoms with Gasteiger partial charge in [-0.05, 0) is 19.9 Å². The first-order valence-electron chi connectivity index (χ1n) is 7.84. The number of ether oxygens (including phenoxy) is 1. The van der Waals surface area contributed by atoms with Gasteiger partial charge >= 0.3 is 0 Å². The van der Waals surface area contributed by atoms with Gasteiger partial charge in [0.1, 0.15) is 4.90 Å². The van der Waals surface area contributed by atoms with E-state index in [-0.39, 0.29) is 17.0 Å². The SMILES string of the molecule is COC(C)CNC1=NS(=O)(=O)c2cccc(-c3cn(C)nc3C)c2N1. The number of aryl methyl sites for hydroxylation is 2. The predicted octanol–water partition coefficient (Wildman–Crippen LogP) is 1.49. The van der Waals surface area contributed by atoms with Crippen LogP contribution in [0, 0.1) is 6.92 Å². The quantitative estimate of drug-likeness (QED) is 0.854. The second kappa shape index (κ2) is 6.49. The van der Waals surface area contributed by atoms with Crippen LogP contribution in [0.25, 0.3) is 11.1 Å². The summed E-state index contributed by atoms with van der Waals surface area (Å²) in [7, 11) is -0.362. The van der Waals surface area contributed by atoms with E-state index in [1.54, 1.807) is 23.9 Å². The van der Waals surface area contributed by atoms with Crippen molar-refractivity contribution in [1.29, 1.82) is 0 Å². The molecular formula is C16H21N5O3S. The lowest BCUT2D eigenvalue weighted by Crippen LogP contribution is -2.39. The number of methoxy groups -OCH3 is 1. The molecule has 0 aliphatic carbocycles. The molecule has 25 heavy (non-hydrogen) atoms. The average molecular weight is 363 g/mol. The van der Waals surface area contributed by atoms with Crippen LogP contribution in [-0.2, 0) is 21.8 Å². The predicted molar refractivity (Wildman–Crippen MR) is 96.1 cm³/mol. The van der Waals surface area contributed by atoms with E-state index in [4.69, 9.17) is 4.74 Å². The minimum absolute atomic E-state index is 0.0792. The van der Waals surface area contributed by atoms with Gasteiger partial charge in [-0.1, -0.05) is 12.1 Å². The molecule has 3 rings (SSSR count). The highest BCUT2D eigenvalue weighted by atomic mass is 32.2. The van der Waals surface area contributed by atoms with Crippen LogP contribution in [0.1, 0.15) is 12.6 Å². The summed E-state index contributed by atoms with van der Waals surface area (Å²) in [6, 6.07) is 5.12. The van der Waals surface area contributed by atoms with Gasteiger partial charge in [0.25, 0.3) is 10.0 Å². The Morgan fingerprint density at radius 1 is 1.36 bits per heavy atom. The van der Waals surface area contributed by atoms with E-state index < -0.39 is 10.0 Å². The zero-order chi connectivity index (χ0) is 18.2. The first kappa shape index (κ1) is 17.4. The molecular weight excluding hydrogens is 342 g/mol. The Morgan fingerprint density at radius 3 is 2.76 bits per heavy atom. The molecule has 0 spiro atoms. The van der Waals surface area contributed by atoms with Gasteiger partial charge < -0.3 is 15.4 Å². The van der Waals surface area contributed by atoms with Crippen molar-refractivity contribution in [1.82, 2.24) is 15.1 Å². The lowest BCUT2D eigenvalue weighted by molar-refractivity contribution is 0.121. The molecule has 1 unspecified atom stereocenters. The Balaban J connectivity index is 2.04. The summed E-state index contributed by atoms with van der Waals surface area (Å²) in [6.07, 6.45) is 1.79. The monoisotopic (exact) mass is 363 g/mol. The third-order valence-electron chi connectivity index (χ3n) is 4.02. The smallest absolute Gasteiger partial charge is 0.287 e. The number of nitrogens with zero attached hydrogens (tertiary/aromatic N) is 3. The highest BCUT2D eigenvalue weighted by Crippen LogP contribution is 2.37. The fraction of sp³-hybridized carbons (Fsp3) is 0.375. The van der Waals surface area contributed by atoms with Gasteiger partial charge in [-0.3, -0.25) is 4.68 Å². The standard InChI is InChI=1S/C16H21N5O3S/c1-10(24-4)8-17-16-18-15-12(13-9-21(3)19-11(13)2)6-5-7-14(15)25(22,23)20-16/h5-7,9-10H,8H2,1-4H3,(H2,17,18,20). The van der Waals surface area contributed by atoms with Gasteiger partial charge in [0, 0.05) is 38.0 Å². The van der Waals surface area contributed by atoms with E-state index in [0.717, 1.165) is 16.8 Å². The van der Waals surface area contributed by atoms with Gasteiger partial charge in [0.2, 0.25) is 5.96 Å². The van der Waals surface area contributed by atoms with Crippen LogP contribution in [0.4, 0.5) is 5.69 Å². The molecule has 9 heteroatoms. The van der Waals surface area contributed by atoms with Crippen LogP contribution in [0.3, 0.4) is 0 Å². The van der Waals surface area contributed by atoms with E-state index in [1.807, 2.05) is 33.2 Å². The molecule has 1 aromatic heterocycles. The number of sulfonamides is 1. The van der Waals surface area contributed by atoms with Gasteiger partial charge in [-0.15, -0.1) is 4.40 Å². The van der Waals surface area contributed by atoms with Crippen molar-refractivity contribution in [2.75, 3.05) is 19.0 Å². The first-order chi connectivity index (χ1) is 11.8. The van der Waals surface area contributed by atoms with E-state index in [2.05, 4.69) is 20.1 Å². The molecule has 2 N–H and O–H groups in total. The van der Waals surface area contributed by atoms with Gasteiger partial charge in [-0.2, -0.15) is 13.5 Å². The van der Waals surface area contributed by atoms with Crippen LogP contribution in [0.15, 0.2) is 33.7 Å². The molecule has 1 aliphatic heterocycles. The molecule has 0 saturated carbocycles. The lowest BCUT2D eigenvalue weighted by atomic mass is 10.0. The average Bonchev–Trinajstić information content (AvgIpc) is 2.90. The number of aromatic nitrogens is 2. The Kier molecular flexibility index (Phi) is 4.53. The van der Waals surface area contributed by atoms with Crippen molar-refractivity contribution in [3.8, 4) is 11.1 Å². The molecule has 2 heterocycles. The van der Waals surface area contributed by atoms with Crippen molar-refractivity contribution < 1.29 is 13.2 Å². The fourth-order valence-corrected chi connectivity index (χ4v) is 3.79. The Hall–Kier alpha value is -2.39. The molecule has 2 aromatic rings. The third kappa shape index (κ3) is 3.38. The Labute approximate surface area is 147 Å². The molecule has 134 valence electrons. The number of hydrogen-bond donors (Lipinski definition) is 2.